The van der Waals surface area contributed by atoms with Crippen molar-refractivity contribution in [3.8, 4) is 34.2 Å². The van der Waals surface area contributed by atoms with Crippen molar-refractivity contribution >= 4 is 22.1 Å². The first-order valence-corrected chi connectivity index (χ1v) is 7.88. The third kappa shape index (κ3) is 1.77. The van der Waals surface area contributed by atoms with Crippen LogP contribution in [0.5, 0.6) is 11.5 Å². The molecule has 0 saturated heterocycles. The van der Waals surface area contributed by atoms with Gasteiger partial charge in [-0.3, -0.25) is 4.40 Å². The fraction of sp³-hybridized carbons (Fsp3) is 0.0625. The minimum absolute atomic E-state index is 0.245. The van der Waals surface area contributed by atoms with Gasteiger partial charge in [0.2, 0.25) is 6.79 Å². The molecule has 0 amide bonds. The van der Waals surface area contributed by atoms with Gasteiger partial charge in [-0.15, -0.1) is 11.3 Å². The van der Waals surface area contributed by atoms with Crippen molar-refractivity contribution in [3.05, 3.63) is 42.0 Å². The Balaban J connectivity index is 1.70. The van der Waals surface area contributed by atoms with Crippen molar-refractivity contribution in [2.75, 3.05) is 12.5 Å². The van der Waals surface area contributed by atoms with E-state index in [9.17, 15) is 0 Å². The number of furan rings is 1. The van der Waals surface area contributed by atoms with Crippen molar-refractivity contribution in [2.24, 2.45) is 0 Å². The lowest BCUT2D eigenvalue weighted by Crippen LogP contribution is -1.95. The molecule has 0 fully saturated rings. The van der Waals surface area contributed by atoms with E-state index in [4.69, 9.17) is 19.6 Å². The van der Waals surface area contributed by atoms with E-state index in [-0.39, 0.29) is 6.79 Å². The van der Waals surface area contributed by atoms with Crippen LogP contribution in [-0.2, 0) is 0 Å². The predicted octanol–water partition coefficient (Wildman–Crippen LogP) is 3.63. The van der Waals surface area contributed by atoms with Gasteiger partial charge in [-0.05, 0) is 30.3 Å². The summed E-state index contributed by atoms with van der Waals surface area (Å²) in [6.07, 6.45) is 1.64. The quantitative estimate of drug-likeness (QED) is 0.609. The lowest BCUT2D eigenvalue weighted by Gasteiger charge is -2.02. The van der Waals surface area contributed by atoms with Crippen molar-refractivity contribution in [3.63, 3.8) is 0 Å². The van der Waals surface area contributed by atoms with Gasteiger partial charge < -0.3 is 19.6 Å². The number of benzene rings is 1. The molecule has 0 bridgehead atoms. The zero-order valence-corrected chi connectivity index (χ0v) is 12.7. The van der Waals surface area contributed by atoms with Crippen LogP contribution in [0.25, 0.3) is 27.7 Å². The summed E-state index contributed by atoms with van der Waals surface area (Å²) in [5.41, 5.74) is 8.88. The molecule has 7 heteroatoms. The summed E-state index contributed by atoms with van der Waals surface area (Å²) < 4.78 is 18.2. The monoisotopic (exact) mass is 325 g/mol. The van der Waals surface area contributed by atoms with Crippen molar-refractivity contribution in [2.45, 2.75) is 0 Å². The maximum Gasteiger partial charge on any atom is 0.231 e. The largest absolute Gasteiger partial charge is 0.463 e. The second-order valence-electron chi connectivity index (χ2n) is 5.13. The molecule has 0 radical (unpaired) electrons. The van der Waals surface area contributed by atoms with Crippen LogP contribution < -0.4 is 15.2 Å². The highest BCUT2D eigenvalue weighted by Crippen LogP contribution is 2.39. The Labute approximate surface area is 134 Å². The minimum atomic E-state index is 0.245. The van der Waals surface area contributed by atoms with Gasteiger partial charge >= 0.3 is 0 Å². The van der Waals surface area contributed by atoms with Crippen LogP contribution in [0.4, 0.5) is 5.82 Å². The summed E-state index contributed by atoms with van der Waals surface area (Å²) in [7, 11) is 0. The Morgan fingerprint density at radius 2 is 2.09 bits per heavy atom. The van der Waals surface area contributed by atoms with E-state index >= 15 is 0 Å². The first kappa shape index (κ1) is 12.6. The van der Waals surface area contributed by atoms with E-state index in [1.165, 1.54) is 11.3 Å². The standard InChI is InChI=1S/C16H11N3O3S/c17-15-14(9-3-4-12-13(6-9)22-8-21-12)18-16-19(15)10(7-23-16)11-2-1-5-20-11/h1-7H,8,17H2. The molecule has 6 nitrogen and oxygen atoms in total. The summed E-state index contributed by atoms with van der Waals surface area (Å²) in [4.78, 5) is 5.48. The number of fused-ring (bicyclic) bond motifs is 2. The molecule has 1 aliphatic rings. The fourth-order valence-corrected chi connectivity index (χ4v) is 3.62. The summed E-state index contributed by atoms with van der Waals surface area (Å²) in [6.45, 7) is 0.245. The van der Waals surface area contributed by atoms with Crippen LogP contribution >= 0.6 is 11.3 Å². The number of rotatable bonds is 2. The first-order valence-electron chi connectivity index (χ1n) is 7.00. The van der Waals surface area contributed by atoms with Crippen LogP contribution in [0.15, 0.2) is 46.4 Å². The number of nitrogens with two attached hydrogens (primary N) is 1. The number of hydrogen-bond acceptors (Lipinski definition) is 6. The van der Waals surface area contributed by atoms with Crippen LogP contribution in [0, 0.1) is 0 Å². The van der Waals surface area contributed by atoms with Crippen LogP contribution in [-0.4, -0.2) is 16.2 Å². The van der Waals surface area contributed by atoms with Gasteiger partial charge in [-0.2, -0.15) is 0 Å². The molecular weight excluding hydrogens is 314 g/mol. The molecule has 23 heavy (non-hydrogen) atoms. The zero-order valence-electron chi connectivity index (χ0n) is 11.9. The highest BCUT2D eigenvalue weighted by molar-refractivity contribution is 7.15. The molecule has 0 aliphatic carbocycles. The third-order valence-corrected chi connectivity index (χ3v) is 4.64. The summed E-state index contributed by atoms with van der Waals surface area (Å²) in [5.74, 6) is 2.79. The Morgan fingerprint density at radius 3 is 2.96 bits per heavy atom. The average Bonchev–Trinajstić information content (AvgIpc) is 3.32. The molecule has 2 N–H and O–H groups in total. The molecule has 1 aliphatic heterocycles. The molecule has 0 spiro atoms. The Bertz CT molecular complexity index is 1020. The summed E-state index contributed by atoms with van der Waals surface area (Å²) in [5, 5.41) is 1.99. The van der Waals surface area contributed by atoms with E-state index in [0.29, 0.717) is 11.6 Å². The molecule has 1 aromatic carbocycles. The van der Waals surface area contributed by atoms with Crippen LogP contribution in [0.2, 0.25) is 0 Å². The summed E-state index contributed by atoms with van der Waals surface area (Å²) in [6, 6.07) is 9.46. The smallest absolute Gasteiger partial charge is 0.231 e. The predicted molar refractivity (Wildman–Crippen MR) is 86.7 cm³/mol. The lowest BCUT2D eigenvalue weighted by molar-refractivity contribution is 0.174. The molecule has 0 atom stereocenters. The topological polar surface area (TPSA) is 74.9 Å². The van der Waals surface area contributed by atoms with Gasteiger partial charge in [-0.25, -0.2) is 4.98 Å². The maximum absolute atomic E-state index is 6.36. The van der Waals surface area contributed by atoms with Crippen molar-refractivity contribution in [1.29, 1.82) is 0 Å². The second-order valence-corrected chi connectivity index (χ2v) is 5.97. The first-order chi connectivity index (χ1) is 11.3. The van der Waals surface area contributed by atoms with Gasteiger partial charge in [0.15, 0.2) is 22.2 Å². The highest BCUT2D eigenvalue weighted by atomic mass is 32.1. The minimum Gasteiger partial charge on any atom is -0.463 e. The number of imidazole rings is 1. The molecule has 4 aromatic rings. The Morgan fingerprint density at radius 1 is 1.17 bits per heavy atom. The van der Waals surface area contributed by atoms with Gasteiger partial charge in [0.1, 0.15) is 17.2 Å². The van der Waals surface area contributed by atoms with Crippen LogP contribution in [0.1, 0.15) is 0 Å². The normalized spacial score (nSPS) is 13.0. The van der Waals surface area contributed by atoms with Crippen molar-refractivity contribution in [1.82, 2.24) is 9.38 Å². The molecule has 114 valence electrons. The van der Waals surface area contributed by atoms with Crippen molar-refractivity contribution < 1.29 is 13.9 Å². The second kappa shape index (κ2) is 4.53. The van der Waals surface area contributed by atoms with E-state index in [1.807, 2.05) is 40.1 Å². The number of ether oxygens (including phenoxy) is 2. The SMILES string of the molecule is Nc1c(-c2ccc3c(c2)OCO3)nc2scc(-c3ccco3)n12. The van der Waals surface area contributed by atoms with Crippen LogP contribution in [0.3, 0.4) is 0 Å². The van der Waals surface area contributed by atoms with Gasteiger partial charge in [-0.1, -0.05) is 0 Å². The van der Waals surface area contributed by atoms with E-state index in [0.717, 1.165) is 33.4 Å². The molecule has 5 rings (SSSR count). The highest BCUT2D eigenvalue weighted by Gasteiger charge is 2.20. The Hall–Kier alpha value is -2.93. The van der Waals surface area contributed by atoms with E-state index in [2.05, 4.69) is 4.98 Å². The molecular formula is C16H11N3O3S. The lowest BCUT2D eigenvalue weighted by atomic mass is 10.1. The maximum atomic E-state index is 6.36. The van der Waals surface area contributed by atoms with Gasteiger partial charge in [0.25, 0.3) is 0 Å². The number of anilines is 1. The Kier molecular flexibility index (Phi) is 2.48. The number of nitrogens with zero attached hydrogens (tertiary/aromatic N) is 2. The molecule has 0 unspecified atom stereocenters. The van der Waals surface area contributed by atoms with E-state index in [1.54, 1.807) is 6.26 Å². The summed E-state index contributed by atoms with van der Waals surface area (Å²) >= 11 is 1.52. The van der Waals surface area contributed by atoms with E-state index < -0.39 is 0 Å². The fourth-order valence-electron chi connectivity index (χ4n) is 2.73. The number of nitrogen functional groups attached to an aromatic ring is 1. The third-order valence-electron chi connectivity index (χ3n) is 3.82. The van der Waals surface area contributed by atoms with Gasteiger partial charge in [0.05, 0.1) is 6.26 Å². The molecule has 4 heterocycles. The molecule has 0 saturated carbocycles. The molecule has 3 aromatic heterocycles. The zero-order chi connectivity index (χ0) is 15.4. The van der Waals surface area contributed by atoms with Gasteiger partial charge in [0, 0.05) is 10.9 Å². The number of hydrogen-bond donors (Lipinski definition) is 1. The number of thiazole rings is 1. The average molecular weight is 325 g/mol. The number of aromatic nitrogens is 2.